The number of fused-ring (bicyclic) bond motifs is 1. The Morgan fingerprint density at radius 1 is 1.03 bits per heavy atom. The third-order valence-electron chi connectivity index (χ3n) is 6.21. The molecule has 7 nitrogen and oxygen atoms in total. The number of allylic oxidation sites excluding steroid dienone is 1. The van der Waals surface area contributed by atoms with E-state index in [1.54, 1.807) is 32.0 Å². The lowest BCUT2D eigenvalue weighted by molar-refractivity contribution is -0.0102. The van der Waals surface area contributed by atoms with Crippen LogP contribution in [0.5, 0.6) is 0 Å². The van der Waals surface area contributed by atoms with Crippen LogP contribution in [-0.2, 0) is 14.8 Å². The van der Waals surface area contributed by atoms with Crippen molar-refractivity contribution in [2.75, 3.05) is 24.6 Å². The predicted molar refractivity (Wildman–Crippen MR) is 155 cm³/mol. The van der Waals surface area contributed by atoms with Gasteiger partial charge in [0.05, 0.1) is 5.60 Å². The van der Waals surface area contributed by atoms with Gasteiger partial charge in [-0.25, -0.2) is 13.1 Å². The van der Waals surface area contributed by atoms with Crippen LogP contribution in [0.2, 0.25) is 0 Å². The molecule has 0 fully saturated rings. The van der Waals surface area contributed by atoms with Crippen LogP contribution < -0.4 is 9.62 Å². The van der Waals surface area contributed by atoms with Crippen LogP contribution in [0.15, 0.2) is 57.9 Å². The van der Waals surface area contributed by atoms with E-state index in [2.05, 4.69) is 47.7 Å². The maximum atomic E-state index is 13.0. The quantitative estimate of drug-likeness (QED) is 0.273. The lowest BCUT2D eigenvalue weighted by atomic mass is 10.0. The number of furan rings is 1. The van der Waals surface area contributed by atoms with E-state index in [1.807, 2.05) is 32.9 Å². The SMILES string of the molecule is CCN(CC)c1ccc2cc(-c3ccc(C=C(C#N)S(=O)(=O)NC(C)(C)CCOC(C)(C)C)o3)ccc2c1. The molecule has 0 aliphatic rings. The molecule has 1 aromatic heterocycles. The number of hydrogen-bond donors (Lipinski definition) is 1. The molecule has 1 N–H and O–H groups in total. The maximum absolute atomic E-state index is 13.0. The normalized spacial score (nSPS) is 13.1. The third-order valence-corrected chi connectivity index (χ3v) is 7.82. The number of nitriles is 1. The Morgan fingerprint density at radius 2 is 1.68 bits per heavy atom. The van der Waals surface area contributed by atoms with Gasteiger partial charge in [-0.15, -0.1) is 0 Å². The zero-order valence-corrected chi connectivity index (χ0v) is 24.3. The van der Waals surface area contributed by atoms with E-state index in [-0.39, 0.29) is 11.4 Å². The van der Waals surface area contributed by atoms with E-state index in [0.29, 0.717) is 18.8 Å². The largest absolute Gasteiger partial charge is 0.457 e. The minimum atomic E-state index is -4.06. The van der Waals surface area contributed by atoms with Crippen molar-refractivity contribution in [3.8, 4) is 17.4 Å². The van der Waals surface area contributed by atoms with Gasteiger partial charge in [0.1, 0.15) is 17.6 Å². The van der Waals surface area contributed by atoms with Crippen molar-refractivity contribution in [3.63, 3.8) is 0 Å². The van der Waals surface area contributed by atoms with Crippen LogP contribution in [0.25, 0.3) is 28.2 Å². The fraction of sp³-hybridized carbons (Fsp3) is 0.433. The first-order valence-electron chi connectivity index (χ1n) is 13.0. The second-order valence-corrected chi connectivity index (χ2v) is 12.6. The monoisotopic (exact) mass is 537 g/mol. The topological polar surface area (TPSA) is 95.6 Å². The summed E-state index contributed by atoms with van der Waals surface area (Å²) < 4.78 is 40.3. The summed E-state index contributed by atoms with van der Waals surface area (Å²) in [6.45, 7) is 15.9. The summed E-state index contributed by atoms with van der Waals surface area (Å²) >= 11 is 0. The van der Waals surface area contributed by atoms with Crippen molar-refractivity contribution in [2.45, 2.75) is 66.0 Å². The Morgan fingerprint density at radius 3 is 2.32 bits per heavy atom. The average Bonchev–Trinajstić information content (AvgIpc) is 3.30. The second kappa shape index (κ2) is 11.7. The van der Waals surface area contributed by atoms with E-state index < -0.39 is 20.5 Å². The summed E-state index contributed by atoms with van der Waals surface area (Å²) in [4.78, 5) is 1.89. The minimum absolute atomic E-state index is 0.285. The summed E-state index contributed by atoms with van der Waals surface area (Å²) in [6, 6.07) is 17.7. The number of benzene rings is 2. The van der Waals surface area contributed by atoms with Gasteiger partial charge in [0, 0.05) is 42.6 Å². The first-order valence-corrected chi connectivity index (χ1v) is 14.4. The molecule has 0 aliphatic carbocycles. The number of ether oxygens (including phenoxy) is 1. The molecule has 1 heterocycles. The molecule has 8 heteroatoms. The fourth-order valence-electron chi connectivity index (χ4n) is 4.14. The molecule has 38 heavy (non-hydrogen) atoms. The molecule has 2 aromatic carbocycles. The van der Waals surface area contributed by atoms with Crippen LogP contribution in [0, 0.1) is 11.3 Å². The van der Waals surface area contributed by atoms with Crippen molar-refractivity contribution in [1.82, 2.24) is 4.72 Å². The first-order chi connectivity index (χ1) is 17.8. The van der Waals surface area contributed by atoms with E-state index in [9.17, 15) is 13.7 Å². The Balaban J connectivity index is 1.79. The zero-order chi connectivity index (χ0) is 28.1. The van der Waals surface area contributed by atoms with E-state index >= 15 is 0 Å². The molecular formula is C30H39N3O4S. The number of hydrogen-bond acceptors (Lipinski definition) is 6. The van der Waals surface area contributed by atoms with Gasteiger partial charge in [0.2, 0.25) is 0 Å². The van der Waals surface area contributed by atoms with Gasteiger partial charge >= 0.3 is 0 Å². The zero-order valence-electron chi connectivity index (χ0n) is 23.5. The second-order valence-electron chi connectivity index (χ2n) is 10.9. The number of nitrogens with one attached hydrogen (secondary N) is 1. The first kappa shape index (κ1) is 29.4. The van der Waals surface area contributed by atoms with Gasteiger partial charge < -0.3 is 14.1 Å². The smallest absolute Gasteiger partial charge is 0.251 e. The lowest BCUT2D eigenvalue weighted by Crippen LogP contribution is -2.44. The molecular weight excluding hydrogens is 498 g/mol. The van der Waals surface area contributed by atoms with Crippen LogP contribution in [0.1, 0.15) is 60.6 Å². The van der Waals surface area contributed by atoms with E-state index in [4.69, 9.17) is 9.15 Å². The van der Waals surface area contributed by atoms with Gasteiger partial charge in [-0.3, -0.25) is 0 Å². The van der Waals surface area contributed by atoms with Gasteiger partial charge in [-0.1, -0.05) is 18.2 Å². The Bertz CT molecular complexity index is 1440. The van der Waals surface area contributed by atoms with Crippen molar-refractivity contribution >= 4 is 32.6 Å². The van der Waals surface area contributed by atoms with Crippen molar-refractivity contribution in [3.05, 3.63) is 59.2 Å². The Hall–Kier alpha value is -3.12. The number of rotatable bonds is 11. The van der Waals surface area contributed by atoms with Crippen LogP contribution in [-0.4, -0.2) is 39.3 Å². The molecule has 3 aromatic rings. The molecule has 0 saturated carbocycles. The van der Waals surface area contributed by atoms with E-state index in [0.717, 1.165) is 29.4 Å². The molecule has 0 amide bonds. The summed E-state index contributed by atoms with van der Waals surface area (Å²) in [5.74, 6) is 0.876. The number of sulfonamides is 1. The molecule has 3 rings (SSSR count). The molecule has 0 bridgehead atoms. The van der Waals surface area contributed by atoms with Crippen LogP contribution in [0.3, 0.4) is 0 Å². The highest BCUT2D eigenvalue weighted by Gasteiger charge is 2.28. The molecule has 0 radical (unpaired) electrons. The summed E-state index contributed by atoms with van der Waals surface area (Å²) in [5.41, 5.74) is 0.935. The Labute approximate surface area is 227 Å². The summed E-state index contributed by atoms with van der Waals surface area (Å²) in [7, 11) is -4.06. The number of nitrogens with zero attached hydrogens (tertiary/aromatic N) is 2. The molecule has 0 aliphatic heterocycles. The fourth-order valence-corrected chi connectivity index (χ4v) is 5.47. The Kier molecular flexibility index (Phi) is 9.09. The van der Waals surface area contributed by atoms with Crippen LogP contribution >= 0.6 is 0 Å². The minimum Gasteiger partial charge on any atom is -0.457 e. The van der Waals surface area contributed by atoms with Crippen molar-refractivity contribution in [1.29, 1.82) is 5.26 Å². The van der Waals surface area contributed by atoms with E-state index in [1.165, 1.54) is 11.8 Å². The standard InChI is InChI=1S/C30H39N3O4S/c1-8-33(9-2)25-13-12-22-18-24(11-10-23(22)19-25)28-15-14-26(37-28)20-27(21-31)38(34,35)32-30(6,7)16-17-36-29(3,4)5/h10-15,18-20,32H,8-9,16-17H2,1-7H3. The highest BCUT2D eigenvalue weighted by molar-refractivity contribution is 7.93. The average molecular weight is 538 g/mol. The summed E-state index contributed by atoms with van der Waals surface area (Å²) in [6.07, 6.45) is 1.70. The van der Waals surface area contributed by atoms with Crippen molar-refractivity contribution < 1.29 is 17.6 Å². The van der Waals surface area contributed by atoms with Gasteiger partial charge in [0.25, 0.3) is 10.0 Å². The highest BCUT2D eigenvalue weighted by Crippen LogP contribution is 2.29. The molecule has 204 valence electrons. The molecule has 0 unspecified atom stereocenters. The van der Waals surface area contributed by atoms with Crippen LogP contribution in [0.4, 0.5) is 5.69 Å². The predicted octanol–water partition coefficient (Wildman–Crippen LogP) is 6.71. The third kappa shape index (κ3) is 7.70. The maximum Gasteiger partial charge on any atom is 0.251 e. The lowest BCUT2D eigenvalue weighted by Gasteiger charge is -2.28. The van der Waals surface area contributed by atoms with Gasteiger partial charge in [-0.05, 0) is 96.0 Å². The molecule has 0 atom stereocenters. The highest BCUT2D eigenvalue weighted by atomic mass is 32.2. The number of anilines is 1. The van der Waals surface area contributed by atoms with Gasteiger partial charge in [-0.2, -0.15) is 5.26 Å². The molecule has 0 spiro atoms. The molecule has 0 saturated heterocycles. The summed E-state index contributed by atoms with van der Waals surface area (Å²) in [5, 5.41) is 11.8. The van der Waals surface area contributed by atoms with Gasteiger partial charge in [0.15, 0.2) is 4.91 Å². The van der Waals surface area contributed by atoms with Crippen molar-refractivity contribution in [2.24, 2.45) is 0 Å².